The average molecular weight is 349 g/mol. The second kappa shape index (κ2) is 6.92. The third kappa shape index (κ3) is 3.39. The fourth-order valence-corrected chi connectivity index (χ4v) is 2.95. The van der Waals surface area contributed by atoms with Gasteiger partial charge in [0.2, 0.25) is 0 Å². The van der Waals surface area contributed by atoms with Crippen LogP contribution in [0.25, 0.3) is 11.3 Å². The third-order valence-corrected chi connectivity index (χ3v) is 4.26. The molecule has 2 heterocycles. The van der Waals surface area contributed by atoms with Gasteiger partial charge in [0.05, 0.1) is 18.4 Å². The molecule has 3 aromatic rings. The highest BCUT2D eigenvalue weighted by Crippen LogP contribution is 2.32. The van der Waals surface area contributed by atoms with Gasteiger partial charge in [-0.15, -0.1) is 0 Å². The van der Waals surface area contributed by atoms with Gasteiger partial charge in [-0.25, -0.2) is 4.39 Å². The lowest BCUT2D eigenvalue weighted by Crippen LogP contribution is -2.34. The lowest BCUT2D eigenvalue weighted by molar-refractivity contribution is 0.0933. The molecule has 5 nitrogen and oxygen atoms in total. The second-order valence-electron chi connectivity index (χ2n) is 6.07. The van der Waals surface area contributed by atoms with Crippen molar-refractivity contribution in [3.05, 3.63) is 78.0 Å². The third-order valence-electron chi connectivity index (χ3n) is 4.26. The summed E-state index contributed by atoms with van der Waals surface area (Å²) in [6, 6.07) is 11.4. The Morgan fingerprint density at radius 2 is 2.04 bits per heavy atom. The van der Waals surface area contributed by atoms with Crippen LogP contribution in [0.5, 0.6) is 5.75 Å². The molecule has 0 saturated carbocycles. The van der Waals surface area contributed by atoms with Gasteiger partial charge in [-0.05, 0) is 48.0 Å². The van der Waals surface area contributed by atoms with Crippen LogP contribution in [0.1, 0.15) is 15.9 Å². The molecule has 1 aliphatic rings. The summed E-state index contributed by atoms with van der Waals surface area (Å²) in [6.45, 7) is 0.380. The molecular formula is C20H16FN3O2. The molecule has 1 atom stereocenters. The van der Waals surface area contributed by atoms with E-state index in [4.69, 9.17) is 4.74 Å². The van der Waals surface area contributed by atoms with Gasteiger partial charge in [0.25, 0.3) is 5.91 Å². The van der Waals surface area contributed by atoms with E-state index in [-0.39, 0.29) is 17.8 Å². The first-order chi connectivity index (χ1) is 12.7. The van der Waals surface area contributed by atoms with Crippen LogP contribution in [0.15, 0.2) is 61.1 Å². The minimum Gasteiger partial charge on any atom is -0.488 e. The Hall–Kier alpha value is -3.28. The highest BCUT2D eigenvalue weighted by Gasteiger charge is 2.24. The highest BCUT2D eigenvalue weighted by atomic mass is 19.1. The molecule has 0 bridgehead atoms. The number of amides is 1. The fourth-order valence-electron chi connectivity index (χ4n) is 2.95. The molecule has 1 N–H and O–H groups in total. The molecule has 0 unspecified atom stereocenters. The van der Waals surface area contributed by atoms with Gasteiger partial charge in [-0.1, -0.05) is 0 Å². The van der Waals surface area contributed by atoms with Crippen LogP contribution in [0.4, 0.5) is 4.39 Å². The second-order valence-corrected chi connectivity index (χ2v) is 6.07. The van der Waals surface area contributed by atoms with Crippen LogP contribution in [0.2, 0.25) is 0 Å². The molecule has 6 heteroatoms. The lowest BCUT2D eigenvalue weighted by Gasteiger charge is -2.12. The van der Waals surface area contributed by atoms with Crippen molar-refractivity contribution >= 4 is 5.91 Å². The van der Waals surface area contributed by atoms with Crippen molar-refractivity contribution < 1.29 is 13.9 Å². The number of ether oxygens (including phenoxy) is 1. The summed E-state index contributed by atoms with van der Waals surface area (Å²) in [5.41, 5.74) is 3.29. The van der Waals surface area contributed by atoms with Crippen molar-refractivity contribution in [2.75, 3.05) is 6.54 Å². The predicted molar refractivity (Wildman–Crippen MR) is 94.3 cm³/mol. The van der Waals surface area contributed by atoms with E-state index < -0.39 is 0 Å². The molecule has 130 valence electrons. The van der Waals surface area contributed by atoms with Crippen molar-refractivity contribution in [2.45, 2.75) is 12.5 Å². The Morgan fingerprint density at radius 3 is 2.81 bits per heavy atom. The molecule has 4 rings (SSSR count). The maximum absolute atomic E-state index is 12.9. The van der Waals surface area contributed by atoms with Crippen molar-refractivity contribution in [1.29, 1.82) is 0 Å². The quantitative estimate of drug-likeness (QED) is 0.786. The monoisotopic (exact) mass is 349 g/mol. The van der Waals surface area contributed by atoms with Gasteiger partial charge >= 0.3 is 0 Å². The van der Waals surface area contributed by atoms with E-state index in [9.17, 15) is 9.18 Å². The molecule has 0 saturated heterocycles. The number of hydrogen-bond acceptors (Lipinski definition) is 4. The van der Waals surface area contributed by atoms with E-state index in [2.05, 4.69) is 15.3 Å². The molecular weight excluding hydrogens is 333 g/mol. The van der Waals surface area contributed by atoms with Gasteiger partial charge in [0.15, 0.2) is 0 Å². The number of carbonyl (C=O) groups is 1. The molecule has 1 aliphatic heterocycles. The number of carbonyl (C=O) groups excluding carboxylic acids is 1. The van der Waals surface area contributed by atoms with Crippen molar-refractivity contribution in [3.63, 3.8) is 0 Å². The molecule has 0 fully saturated rings. The number of nitrogens with zero attached hydrogens (tertiary/aromatic N) is 2. The summed E-state index contributed by atoms with van der Waals surface area (Å²) < 4.78 is 18.8. The van der Waals surface area contributed by atoms with E-state index in [1.54, 1.807) is 18.6 Å². The Balaban J connectivity index is 1.39. The predicted octanol–water partition coefficient (Wildman–Crippen LogP) is 3.02. The minimum absolute atomic E-state index is 0.133. The summed E-state index contributed by atoms with van der Waals surface area (Å²) in [6.07, 6.45) is 5.59. The number of halogens is 1. The maximum Gasteiger partial charge on any atom is 0.251 e. The molecule has 0 radical (unpaired) electrons. The van der Waals surface area contributed by atoms with Gasteiger partial charge in [0, 0.05) is 29.9 Å². The maximum atomic E-state index is 12.9. The topological polar surface area (TPSA) is 64.1 Å². The van der Waals surface area contributed by atoms with Crippen LogP contribution in [-0.4, -0.2) is 28.5 Å². The molecule has 1 aromatic heterocycles. The fraction of sp³-hybridized carbons (Fsp3) is 0.150. The first-order valence-corrected chi connectivity index (χ1v) is 8.29. The summed E-state index contributed by atoms with van der Waals surface area (Å²) >= 11 is 0. The summed E-state index contributed by atoms with van der Waals surface area (Å²) in [4.78, 5) is 20.5. The summed E-state index contributed by atoms with van der Waals surface area (Å²) in [7, 11) is 0. The first-order valence-electron chi connectivity index (χ1n) is 8.29. The van der Waals surface area contributed by atoms with E-state index in [0.717, 1.165) is 22.6 Å². The lowest BCUT2D eigenvalue weighted by atomic mass is 10.0. The number of fused-ring (bicyclic) bond motifs is 1. The normalized spacial score (nSPS) is 15.2. The zero-order valence-electron chi connectivity index (χ0n) is 13.9. The zero-order valence-corrected chi connectivity index (χ0v) is 13.9. The standard InChI is InChI=1S/C20H16FN3O2/c21-16-4-1-13(2-5-16)20(25)24-11-17-10-15-9-14(3-6-19(15)26-17)18-12-22-7-8-23-18/h1-9,12,17H,10-11H2,(H,24,25)/t17-/m0/s1. The molecule has 26 heavy (non-hydrogen) atoms. The van der Waals surface area contributed by atoms with E-state index in [1.807, 2.05) is 18.2 Å². The average Bonchev–Trinajstić information content (AvgIpc) is 3.09. The summed E-state index contributed by atoms with van der Waals surface area (Å²) in [5.74, 6) is 0.207. The zero-order chi connectivity index (χ0) is 17.9. The molecule has 0 spiro atoms. The number of benzene rings is 2. The van der Waals surface area contributed by atoms with Gasteiger partial charge in [-0.3, -0.25) is 14.8 Å². The van der Waals surface area contributed by atoms with Crippen molar-refractivity contribution in [3.8, 4) is 17.0 Å². The Kier molecular flexibility index (Phi) is 4.31. The highest BCUT2D eigenvalue weighted by molar-refractivity contribution is 5.94. The molecule has 1 amide bonds. The van der Waals surface area contributed by atoms with Crippen LogP contribution >= 0.6 is 0 Å². The van der Waals surface area contributed by atoms with E-state index in [1.165, 1.54) is 24.3 Å². The first kappa shape index (κ1) is 16.2. The Morgan fingerprint density at radius 1 is 1.19 bits per heavy atom. The SMILES string of the molecule is O=C(NC[C@@H]1Cc2cc(-c3cnccn3)ccc2O1)c1ccc(F)cc1. The Bertz CT molecular complexity index is 930. The van der Waals surface area contributed by atoms with Crippen molar-refractivity contribution in [2.24, 2.45) is 0 Å². The van der Waals surface area contributed by atoms with E-state index >= 15 is 0 Å². The minimum atomic E-state index is -0.366. The van der Waals surface area contributed by atoms with Gasteiger partial charge < -0.3 is 10.1 Å². The van der Waals surface area contributed by atoms with Gasteiger partial charge in [-0.2, -0.15) is 0 Å². The molecule has 2 aromatic carbocycles. The number of aromatic nitrogens is 2. The van der Waals surface area contributed by atoms with Crippen LogP contribution in [0.3, 0.4) is 0 Å². The molecule has 0 aliphatic carbocycles. The van der Waals surface area contributed by atoms with Crippen LogP contribution in [-0.2, 0) is 6.42 Å². The number of rotatable bonds is 4. The van der Waals surface area contributed by atoms with Gasteiger partial charge in [0.1, 0.15) is 17.7 Å². The summed E-state index contributed by atoms with van der Waals surface area (Å²) in [5, 5.41) is 2.83. The van der Waals surface area contributed by atoms with E-state index in [0.29, 0.717) is 18.5 Å². The number of nitrogens with one attached hydrogen (secondary N) is 1. The Labute approximate surface area is 149 Å². The largest absolute Gasteiger partial charge is 0.488 e. The van der Waals surface area contributed by atoms with Crippen LogP contribution in [0, 0.1) is 5.82 Å². The smallest absolute Gasteiger partial charge is 0.251 e. The number of hydrogen-bond donors (Lipinski definition) is 1. The van der Waals surface area contributed by atoms with Crippen molar-refractivity contribution in [1.82, 2.24) is 15.3 Å². The van der Waals surface area contributed by atoms with Crippen LogP contribution < -0.4 is 10.1 Å².